The number of rotatable bonds is 6. The molecule has 2 aliphatic carbocycles. The average Bonchev–Trinajstić information content (AvgIpc) is 3.76. The van der Waals surface area contributed by atoms with Crippen LogP contribution in [-0.2, 0) is 16.2 Å². The Balaban J connectivity index is 1.19. The molecule has 2 bridgehead atoms. The van der Waals surface area contributed by atoms with Crippen LogP contribution in [0.25, 0.3) is 0 Å². The van der Waals surface area contributed by atoms with E-state index in [1.165, 1.54) is 16.2 Å². The van der Waals surface area contributed by atoms with Crippen LogP contribution in [0.3, 0.4) is 0 Å². The van der Waals surface area contributed by atoms with Gasteiger partial charge in [0.15, 0.2) is 0 Å². The molecule has 3 heterocycles. The first-order chi connectivity index (χ1) is 20.9. The molecule has 218 valence electrons. The molecule has 8 rings (SSSR count). The topological polar surface area (TPSA) is 88.7 Å². The van der Waals surface area contributed by atoms with Crippen molar-refractivity contribution in [3.63, 3.8) is 0 Å². The number of aromatic nitrogens is 1. The van der Waals surface area contributed by atoms with Gasteiger partial charge in [-0.2, -0.15) is 0 Å². The molecule has 4 aliphatic rings. The van der Waals surface area contributed by atoms with Crippen LogP contribution in [-0.4, -0.2) is 29.2 Å². The summed E-state index contributed by atoms with van der Waals surface area (Å²) in [5.74, 6) is 0.501. The van der Waals surface area contributed by atoms with Crippen molar-refractivity contribution < 1.29 is 19.1 Å². The molecule has 2 saturated carbocycles. The summed E-state index contributed by atoms with van der Waals surface area (Å²) in [5, 5.41) is 0.977. The maximum atomic E-state index is 14.1. The molecule has 7 atom stereocenters. The molecule has 3 fully saturated rings. The van der Waals surface area contributed by atoms with Crippen LogP contribution >= 0.6 is 39.0 Å². The SMILES string of the molecule is COc1ccc(N2C(=O)C3C4CC(C3C2=O)C2C4Sc3[nH]c(=O)sc3[C@@H]2c2cc(Br)ccc2OCc2ccccc2)cc1. The van der Waals surface area contributed by atoms with E-state index in [1.807, 2.05) is 42.5 Å². The summed E-state index contributed by atoms with van der Waals surface area (Å²) in [7, 11) is 1.59. The van der Waals surface area contributed by atoms with Gasteiger partial charge in [-0.1, -0.05) is 57.6 Å². The van der Waals surface area contributed by atoms with Crippen LogP contribution < -0.4 is 19.2 Å². The van der Waals surface area contributed by atoms with Gasteiger partial charge >= 0.3 is 4.87 Å². The molecular weight excluding hydrogens is 648 g/mol. The molecule has 1 N–H and O–H groups in total. The molecule has 4 aromatic rings. The number of nitrogens with one attached hydrogen (secondary N) is 1. The third kappa shape index (κ3) is 4.24. The number of nitrogens with zero attached hydrogens (tertiary/aromatic N) is 1. The van der Waals surface area contributed by atoms with Gasteiger partial charge in [0.1, 0.15) is 18.1 Å². The number of ether oxygens (including phenoxy) is 2. The summed E-state index contributed by atoms with van der Waals surface area (Å²) in [6.45, 7) is 0.418. The van der Waals surface area contributed by atoms with Gasteiger partial charge in [-0.15, -0.1) is 11.8 Å². The van der Waals surface area contributed by atoms with Crippen LogP contribution in [0.15, 0.2) is 87.1 Å². The lowest BCUT2D eigenvalue weighted by Gasteiger charge is -2.43. The number of aromatic amines is 1. The lowest BCUT2D eigenvalue weighted by atomic mass is 9.68. The zero-order valence-corrected chi connectivity index (χ0v) is 26.3. The Hall–Kier alpha value is -3.34. The number of H-pyrrole nitrogens is 1. The van der Waals surface area contributed by atoms with Crippen LogP contribution in [0, 0.1) is 29.6 Å². The molecule has 2 amide bonds. The summed E-state index contributed by atoms with van der Waals surface area (Å²) in [4.78, 5) is 46.1. The largest absolute Gasteiger partial charge is 0.497 e. The second-order valence-electron chi connectivity index (χ2n) is 11.6. The second kappa shape index (κ2) is 10.4. The fourth-order valence-electron chi connectivity index (χ4n) is 7.98. The summed E-state index contributed by atoms with van der Waals surface area (Å²) in [6, 6.07) is 23.2. The van der Waals surface area contributed by atoms with E-state index in [0.717, 1.165) is 37.7 Å². The van der Waals surface area contributed by atoms with Crippen molar-refractivity contribution in [1.82, 2.24) is 4.98 Å². The highest BCUT2D eigenvalue weighted by atomic mass is 79.9. The number of hydrogen-bond donors (Lipinski definition) is 1. The van der Waals surface area contributed by atoms with Crippen molar-refractivity contribution in [3.8, 4) is 11.5 Å². The van der Waals surface area contributed by atoms with Gasteiger partial charge in [-0.05, 0) is 72.2 Å². The highest BCUT2D eigenvalue weighted by Gasteiger charge is 2.69. The Morgan fingerprint density at radius 1 is 0.953 bits per heavy atom. The quantitative estimate of drug-likeness (QED) is 0.236. The van der Waals surface area contributed by atoms with E-state index in [2.05, 4.69) is 27.0 Å². The van der Waals surface area contributed by atoms with Crippen molar-refractivity contribution in [2.75, 3.05) is 12.0 Å². The average molecular weight is 676 g/mol. The molecule has 1 aromatic heterocycles. The minimum absolute atomic E-state index is 0.0171. The number of thiazole rings is 1. The Bertz CT molecular complexity index is 1810. The van der Waals surface area contributed by atoms with E-state index >= 15 is 0 Å². The van der Waals surface area contributed by atoms with E-state index < -0.39 is 0 Å². The number of imide groups is 1. The van der Waals surface area contributed by atoms with Crippen LogP contribution in [0.4, 0.5) is 5.69 Å². The first-order valence-corrected chi connectivity index (χ1v) is 16.8. The number of hydrogen-bond acceptors (Lipinski definition) is 7. The molecule has 6 unspecified atom stereocenters. The summed E-state index contributed by atoms with van der Waals surface area (Å²) >= 11 is 6.62. The molecule has 3 aromatic carbocycles. The highest BCUT2D eigenvalue weighted by molar-refractivity contribution is 9.10. The summed E-state index contributed by atoms with van der Waals surface area (Å²) in [5.41, 5.74) is 2.66. The molecule has 0 spiro atoms. The third-order valence-corrected chi connectivity index (χ3v) is 12.7. The van der Waals surface area contributed by atoms with Crippen molar-refractivity contribution in [2.24, 2.45) is 29.6 Å². The van der Waals surface area contributed by atoms with E-state index in [4.69, 9.17) is 9.47 Å². The third-order valence-electron chi connectivity index (χ3n) is 9.60. The maximum Gasteiger partial charge on any atom is 0.305 e. The molecule has 7 nitrogen and oxygen atoms in total. The van der Waals surface area contributed by atoms with E-state index in [-0.39, 0.29) is 57.4 Å². The number of carbonyl (C=O) groups excluding carboxylic acids is 2. The number of fused-ring (bicyclic) bond motifs is 9. The lowest BCUT2D eigenvalue weighted by molar-refractivity contribution is -0.123. The Kier molecular flexibility index (Phi) is 6.58. The standard InChI is InChI=1S/C33H27BrN2O5S2/c1-40-19-10-8-18(9-11-19)36-31(37)26-21-14-22(27(26)32(36)38)28-25(21)24(29-30(42-28)35-33(39)43-29)20-13-17(34)7-12-23(20)41-15-16-5-3-2-4-6-16/h2-13,21-22,24-28H,14-15H2,1H3,(H,35,39)/t21?,22?,24-,25?,26?,27?,28?/m1/s1. The summed E-state index contributed by atoms with van der Waals surface area (Å²) < 4.78 is 12.7. The minimum Gasteiger partial charge on any atom is -0.497 e. The molecule has 10 heteroatoms. The van der Waals surface area contributed by atoms with Gasteiger partial charge in [-0.25, -0.2) is 0 Å². The molecule has 0 radical (unpaired) electrons. The number of methoxy groups -OCH3 is 1. The Morgan fingerprint density at radius 3 is 2.44 bits per heavy atom. The molecule has 43 heavy (non-hydrogen) atoms. The van der Waals surface area contributed by atoms with Crippen molar-refractivity contribution in [2.45, 2.75) is 29.2 Å². The first-order valence-electron chi connectivity index (χ1n) is 14.3. The van der Waals surface area contributed by atoms with Crippen LogP contribution in [0.5, 0.6) is 11.5 Å². The number of carbonyl (C=O) groups is 2. The van der Waals surface area contributed by atoms with Gasteiger partial charge in [0.25, 0.3) is 0 Å². The normalized spacial score (nSPS) is 28.5. The van der Waals surface area contributed by atoms with Crippen molar-refractivity contribution in [3.05, 3.63) is 103 Å². The number of halogens is 1. The fraction of sp³-hybridized carbons (Fsp3) is 0.303. The number of thioether (sulfide) groups is 1. The fourth-order valence-corrected chi connectivity index (χ4v) is 11.2. The van der Waals surface area contributed by atoms with Gasteiger partial charge in [0.2, 0.25) is 11.8 Å². The van der Waals surface area contributed by atoms with Crippen molar-refractivity contribution in [1.29, 1.82) is 0 Å². The Labute approximate surface area is 264 Å². The zero-order chi connectivity index (χ0) is 29.4. The first kappa shape index (κ1) is 27.2. The van der Waals surface area contributed by atoms with Gasteiger partial charge in [0.05, 0.1) is 29.7 Å². The van der Waals surface area contributed by atoms with Gasteiger partial charge < -0.3 is 14.5 Å². The maximum absolute atomic E-state index is 14.1. The summed E-state index contributed by atoms with van der Waals surface area (Å²) in [6.07, 6.45) is 0.829. The second-order valence-corrected chi connectivity index (χ2v) is 14.7. The number of benzene rings is 3. The smallest absolute Gasteiger partial charge is 0.305 e. The molecule has 1 saturated heterocycles. The zero-order valence-electron chi connectivity index (χ0n) is 23.1. The van der Waals surface area contributed by atoms with Gasteiger partial charge in [-0.3, -0.25) is 19.3 Å². The number of amides is 2. The number of anilines is 1. The van der Waals surface area contributed by atoms with Crippen molar-refractivity contribution >= 4 is 56.5 Å². The van der Waals surface area contributed by atoms with E-state index in [1.54, 1.807) is 43.1 Å². The van der Waals surface area contributed by atoms with Crippen LogP contribution in [0.2, 0.25) is 0 Å². The highest BCUT2D eigenvalue weighted by Crippen LogP contribution is 2.69. The van der Waals surface area contributed by atoms with Crippen LogP contribution in [0.1, 0.15) is 28.3 Å². The molecular formula is C33H27BrN2O5S2. The van der Waals surface area contributed by atoms with Gasteiger partial charge in [0, 0.05) is 26.1 Å². The van der Waals surface area contributed by atoms with E-state index in [9.17, 15) is 14.4 Å². The minimum atomic E-state index is -0.373. The predicted octanol–water partition coefficient (Wildman–Crippen LogP) is 6.46. The monoisotopic (exact) mass is 674 g/mol. The van der Waals surface area contributed by atoms with E-state index in [0.29, 0.717) is 18.0 Å². The molecule has 2 aliphatic heterocycles. The lowest BCUT2D eigenvalue weighted by Crippen LogP contribution is -2.42. The predicted molar refractivity (Wildman–Crippen MR) is 169 cm³/mol. The Morgan fingerprint density at radius 2 is 1.70 bits per heavy atom.